The van der Waals surface area contributed by atoms with E-state index >= 15 is 0 Å². The predicted octanol–water partition coefficient (Wildman–Crippen LogP) is 4.43. The van der Waals surface area contributed by atoms with Crippen molar-refractivity contribution in [3.63, 3.8) is 0 Å². The highest BCUT2D eigenvalue weighted by molar-refractivity contribution is 6.03. The first kappa shape index (κ1) is 17.2. The summed E-state index contributed by atoms with van der Waals surface area (Å²) in [5.41, 5.74) is 5.88. The monoisotopic (exact) mass is 358 g/mol. The number of carbonyl (C=O) groups is 1. The van der Waals surface area contributed by atoms with Gasteiger partial charge in [-0.3, -0.25) is 4.79 Å². The average molecular weight is 358 g/mol. The number of amides is 1. The van der Waals surface area contributed by atoms with E-state index in [1.54, 1.807) is 12.3 Å². The zero-order chi connectivity index (χ0) is 18.8. The minimum atomic E-state index is -0.229. The molecule has 0 unspecified atom stereocenters. The minimum absolute atomic E-state index is 0.229. The predicted molar refractivity (Wildman–Crippen MR) is 108 cm³/mol. The Labute approximate surface area is 159 Å². The van der Waals surface area contributed by atoms with Gasteiger partial charge in [-0.25, -0.2) is 9.97 Å². The second-order valence-corrected chi connectivity index (χ2v) is 6.88. The van der Waals surface area contributed by atoms with Crippen LogP contribution in [0.15, 0.2) is 54.7 Å². The van der Waals surface area contributed by atoms with E-state index in [9.17, 15) is 4.79 Å². The average Bonchev–Trinajstić information content (AvgIpc) is 2.70. The van der Waals surface area contributed by atoms with Crippen molar-refractivity contribution >= 4 is 23.2 Å². The van der Waals surface area contributed by atoms with Gasteiger partial charge in [0.15, 0.2) is 0 Å². The summed E-state index contributed by atoms with van der Waals surface area (Å²) in [5.74, 6) is 0.335. The molecule has 27 heavy (non-hydrogen) atoms. The second-order valence-electron chi connectivity index (χ2n) is 6.88. The number of aromatic nitrogens is 2. The Morgan fingerprint density at radius 3 is 2.78 bits per heavy atom. The summed E-state index contributed by atoms with van der Waals surface area (Å²) >= 11 is 0. The molecule has 1 amide bonds. The Morgan fingerprint density at radius 2 is 1.93 bits per heavy atom. The number of carbonyl (C=O) groups excluding carboxylic acids is 1. The van der Waals surface area contributed by atoms with E-state index in [4.69, 9.17) is 0 Å². The normalized spacial score (nSPS) is 13.2. The van der Waals surface area contributed by atoms with Crippen LogP contribution < -0.4 is 10.2 Å². The summed E-state index contributed by atoms with van der Waals surface area (Å²) in [6.07, 6.45) is 3.74. The molecule has 5 heteroatoms. The third-order valence-corrected chi connectivity index (χ3v) is 4.99. The van der Waals surface area contributed by atoms with Crippen LogP contribution >= 0.6 is 0 Å². The van der Waals surface area contributed by atoms with Crippen LogP contribution in [0, 0.1) is 13.8 Å². The largest absolute Gasteiger partial charge is 0.321 e. The molecule has 2 aromatic carbocycles. The molecule has 0 bridgehead atoms. The van der Waals surface area contributed by atoms with Crippen molar-refractivity contribution in [2.75, 3.05) is 16.8 Å². The third kappa shape index (κ3) is 3.53. The summed E-state index contributed by atoms with van der Waals surface area (Å²) in [6.45, 7) is 4.93. The summed E-state index contributed by atoms with van der Waals surface area (Å²) in [4.78, 5) is 23.7. The molecule has 0 spiro atoms. The number of aryl methyl sites for hydroxylation is 3. The van der Waals surface area contributed by atoms with Gasteiger partial charge in [0.25, 0.3) is 5.91 Å². The number of benzene rings is 2. The van der Waals surface area contributed by atoms with Gasteiger partial charge in [0.05, 0.1) is 0 Å². The van der Waals surface area contributed by atoms with Gasteiger partial charge in [0, 0.05) is 24.1 Å². The maximum atomic E-state index is 12.7. The van der Waals surface area contributed by atoms with E-state index in [1.807, 2.05) is 38.1 Å². The van der Waals surface area contributed by atoms with E-state index in [1.165, 1.54) is 11.1 Å². The first-order chi connectivity index (χ1) is 13.1. The SMILES string of the molecule is Cc1ccc(NC(=O)c2ccnc(N3CCCc4ccccc43)n2)cc1C. The van der Waals surface area contributed by atoms with E-state index < -0.39 is 0 Å². The van der Waals surface area contributed by atoms with Crippen molar-refractivity contribution in [2.45, 2.75) is 26.7 Å². The first-order valence-electron chi connectivity index (χ1n) is 9.19. The number of fused-ring (bicyclic) bond motifs is 1. The Bertz CT molecular complexity index is 999. The van der Waals surface area contributed by atoms with E-state index in [2.05, 4.69) is 38.4 Å². The topological polar surface area (TPSA) is 58.1 Å². The quantitative estimate of drug-likeness (QED) is 0.752. The molecule has 0 fully saturated rings. The fourth-order valence-corrected chi connectivity index (χ4v) is 3.36. The number of hydrogen-bond acceptors (Lipinski definition) is 4. The number of nitrogens with zero attached hydrogens (tertiary/aromatic N) is 3. The number of para-hydroxylation sites is 1. The van der Waals surface area contributed by atoms with E-state index in [0.717, 1.165) is 36.3 Å². The van der Waals surface area contributed by atoms with Gasteiger partial charge in [0.1, 0.15) is 5.69 Å². The van der Waals surface area contributed by atoms with Crippen LogP contribution in [0.25, 0.3) is 0 Å². The zero-order valence-corrected chi connectivity index (χ0v) is 15.6. The molecule has 1 aliphatic rings. The summed E-state index contributed by atoms with van der Waals surface area (Å²) in [7, 11) is 0. The number of rotatable bonds is 3. The molecule has 136 valence electrons. The highest BCUT2D eigenvalue weighted by Crippen LogP contribution is 2.31. The Morgan fingerprint density at radius 1 is 1.07 bits per heavy atom. The molecule has 1 N–H and O–H groups in total. The third-order valence-electron chi connectivity index (χ3n) is 4.99. The fraction of sp³-hybridized carbons (Fsp3) is 0.227. The lowest BCUT2D eigenvalue weighted by Gasteiger charge is -2.29. The van der Waals surface area contributed by atoms with Crippen molar-refractivity contribution in [2.24, 2.45) is 0 Å². The molecule has 5 nitrogen and oxygen atoms in total. The van der Waals surface area contributed by atoms with E-state index in [0.29, 0.717) is 11.6 Å². The van der Waals surface area contributed by atoms with Crippen LogP contribution in [0.2, 0.25) is 0 Å². The fourth-order valence-electron chi connectivity index (χ4n) is 3.36. The molecule has 2 heterocycles. The number of nitrogens with one attached hydrogen (secondary N) is 1. The lowest BCUT2D eigenvalue weighted by atomic mass is 10.0. The summed E-state index contributed by atoms with van der Waals surface area (Å²) in [5, 5.41) is 2.93. The smallest absolute Gasteiger partial charge is 0.274 e. The van der Waals surface area contributed by atoms with Gasteiger partial charge >= 0.3 is 0 Å². The molecule has 0 saturated carbocycles. The van der Waals surface area contributed by atoms with Crippen molar-refractivity contribution in [3.05, 3.63) is 77.1 Å². The van der Waals surface area contributed by atoms with Gasteiger partial charge < -0.3 is 10.2 Å². The Balaban J connectivity index is 1.59. The second kappa shape index (κ2) is 7.19. The molecule has 4 rings (SSSR count). The lowest BCUT2D eigenvalue weighted by Crippen LogP contribution is -2.27. The van der Waals surface area contributed by atoms with Gasteiger partial charge in [-0.2, -0.15) is 0 Å². The molecular weight excluding hydrogens is 336 g/mol. The van der Waals surface area contributed by atoms with Crippen molar-refractivity contribution < 1.29 is 4.79 Å². The maximum Gasteiger partial charge on any atom is 0.274 e. The van der Waals surface area contributed by atoms with E-state index in [-0.39, 0.29) is 5.91 Å². The summed E-state index contributed by atoms with van der Waals surface area (Å²) < 4.78 is 0. The van der Waals surface area contributed by atoms with Crippen molar-refractivity contribution in [3.8, 4) is 0 Å². The molecule has 0 aliphatic carbocycles. The molecule has 3 aromatic rings. The number of hydrogen-bond donors (Lipinski definition) is 1. The van der Waals surface area contributed by atoms with Gasteiger partial charge in [-0.15, -0.1) is 0 Å². The van der Waals surface area contributed by atoms with Crippen LogP contribution in [0.1, 0.15) is 33.6 Å². The first-order valence-corrected chi connectivity index (χ1v) is 9.19. The molecule has 0 atom stereocenters. The van der Waals surface area contributed by atoms with Crippen LogP contribution in [-0.2, 0) is 6.42 Å². The van der Waals surface area contributed by atoms with Crippen LogP contribution in [0.3, 0.4) is 0 Å². The highest BCUT2D eigenvalue weighted by Gasteiger charge is 2.21. The lowest BCUT2D eigenvalue weighted by molar-refractivity contribution is 0.102. The van der Waals surface area contributed by atoms with Crippen LogP contribution in [0.5, 0.6) is 0 Å². The Hall–Kier alpha value is -3.21. The maximum absolute atomic E-state index is 12.7. The van der Waals surface area contributed by atoms with Crippen LogP contribution in [0.4, 0.5) is 17.3 Å². The molecule has 0 radical (unpaired) electrons. The molecule has 1 aliphatic heterocycles. The highest BCUT2D eigenvalue weighted by atomic mass is 16.1. The Kier molecular flexibility index (Phi) is 4.59. The minimum Gasteiger partial charge on any atom is -0.321 e. The van der Waals surface area contributed by atoms with Crippen molar-refractivity contribution in [1.82, 2.24) is 9.97 Å². The zero-order valence-electron chi connectivity index (χ0n) is 15.6. The van der Waals surface area contributed by atoms with Gasteiger partial charge in [-0.1, -0.05) is 24.3 Å². The van der Waals surface area contributed by atoms with Crippen molar-refractivity contribution in [1.29, 1.82) is 0 Å². The summed E-state index contributed by atoms with van der Waals surface area (Å²) in [6, 6.07) is 15.8. The molecule has 1 aromatic heterocycles. The standard InChI is InChI=1S/C22H22N4O/c1-15-9-10-18(14-16(15)2)24-21(27)19-11-12-23-22(25-19)26-13-5-7-17-6-3-4-8-20(17)26/h3-4,6,8-12,14H,5,7,13H2,1-2H3,(H,24,27). The van der Waals surface area contributed by atoms with Crippen LogP contribution in [-0.4, -0.2) is 22.4 Å². The van der Waals surface area contributed by atoms with Gasteiger partial charge in [0.2, 0.25) is 5.95 Å². The van der Waals surface area contributed by atoms with Gasteiger partial charge in [-0.05, 0) is 67.6 Å². The molecular formula is C22H22N4O. The number of anilines is 3. The molecule has 0 saturated heterocycles.